The van der Waals surface area contributed by atoms with Crippen LogP contribution in [0.25, 0.3) is 0 Å². The van der Waals surface area contributed by atoms with Crippen molar-refractivity contribution < 1.29 is 56.4 Å². The average molecular weight is 558 g/mol. The Hall–Kier alpha value is -2.10. The van der Waals surface area contributed by atoms with Gasteiger partial charge < -0.3 is 29.6 Å². The highest BCUT2D eigenvalue weighted by Gasteiger charge is 2.46. The Kier molecular flexibility index (Phi) is 8.47. The summed E-state index contributed by atoms with van der Waals surface area (Å²) in [6, 6.07) is 2.82. The highest BCUT2D eigenvalue weighted by molar-refractivity contribution is 7.60. The van der Waals surface area contributed by atoms with Gasteiger partial charge in [-0.05, 0) is 25.0 Å². The molecule has 14 nitrogen and oxygen atoms in total. The summed E-state index contributed by atoms with van der Waals surface area (Å²) in [7, 11) is -10.7. The third-order valence-electron chi connectivity index (χ3n) is 5.21. The lowest BCUT2D eigenvalue weighted by atomic mass is 10.1. The molecule has 1 aliphatic rings. The van der Waals surface area contributed by atoms with Crippen molar-refractivity contribution in [2.75, 3.05) is 6.61 Å². The number of hydrogen-bond donors (Lipinski definition) is 5. The number of aliphatic hydroxyl groups excluding tert-OH is 2. The van der Waals surface area contributed by atoms with Crippen molar-refractivity contribution in [3.05, 3.63) is 68.0 Å². The molecule has 0 bridgehead atoms. The van der Waals surface area contributed by atoms with E-state index in [1.807, 2.05) is 0 Å². The standard InChI is InChI=1S/C18H22F2N2O12P2/c1-9-7-22(18(26)21(16(9)25)5-4-10-2-3-11(19)6-12(10)20)17-15(24)14(23)13(33-17)8-32-36(30,31)34-35(27,28)29/h2-3,6-7,13-15,17,23-24H,4-5,8H2,1H3,(H,30,31)(H2,27,28,29)/t13-,14?,15+,17-/m1/s1. The topological polar surface area (TPSA) is 207 Å². The van der Waals surface area contributed by atoms with Gasteiger partial charge in [0.1, 0.15) is 29.9 Å². The Balaban J connectivity index is 1.82. The molecular weight excluding hydrogens is 536 g/mol. The van der Waals surface area contributed by atoms with Gasteiger partial charge in [0.15, 0.2) is 6.23 Å². The lowest BCUT2D eigenvalue weighted by Gasteiger charge is -2.20. The second-order valence-corrected chi connectivity index (χ2v) is 10.7. The summed E-state index contributed by atoms with van der Waals surface area (Å²) < 4.78 is 64.3. The summed E-state index contributed by atoms with van der Waals surface area (Å²) >= 11 is 0. The van der Waals surface area contributed by atoms with E-state index in [-0.39, 0.29) is 24.1 Å². The van der Waals surface area contributed by atoms with E-state index in [0.717, 1.165) is 27.5 Å². The van der Waals surface area contributed by atoms with Gasteiger partial charge in [-0.2, -0.15) is 4.31 Å². The molecule has 0 radical (unpaired) electrons. The minimum Gasteiger partial charge on any atom is -0.387 e. The van der Waals surface area contributed by atoms with Gasteiger partial charge in [0.25, 0.3) is 5.56 Å². The summed E-state index contributed by atoms with van der Waals surface area (Å²) in [5, 5.41) is 20.6. The second kappa shape index (κ2) is 10.7. The maximum absolute atomic E-state index is 13.9. The fourth-order valence-corrected chi connectivity index (χ4v) is 5.12. The number of phosphoric acid groups is 2. The highest BCUT2D eigenvalue weighted by Crippen LogP contribution is 2.57. The third-order valence-corrected chi connectivity index (χ3v) is 7.36. The lowest BCUT2D eigenvalue weighted by Crippen LogP contribution is -2.44. The molecule has 3 rings (SSSR count). The number of benzene rings is 1. The van der Waals surface area contributed by atoms with Crippen LogP contribution in [-0.4, -0.2) is 58.9 Å². The van der Waals surface area contributed by atoms with Crippen LogP contribution < -0.4 is 11.2 Å². The maximum Gasteiger partial charge on any atom is 0.481 e. The molecule has 0 amide bonds. The first-order valence-corrected chi connectivity index (χ1v) is 13.1. The molecule has 36 heavy (non-hydrogen) atoms. The first-order chi connectivity index (χ1) is 16.6. The van der Waals surface area contributed by atoms with Crippen molar-refractivity contribution in [2.24, 2.45) is 0 Å². The van der Waals surface area contributed by atoms with Crippen molar-refractivity contribution in [3.8, 4) is 0 Å². The van der Waals surface area contributed by atoms with E-state index < -0.39 is 69.7 Å². The molecule has 18 heteroatoms. The zero-order valence-electron chi connectivity index (χ0n) is 18.4. The van der Waals surface area contributed by atoms with Crippen LogP contribution in [0.3, 0.4) is 0 Å². The highest BCUT2D eigenvalue weighted by atomic mass is 31.3. The predicted octanol–water partition coefficient (Wildman–Crippen LogP) is -0.315. The summed E-state index contributed by atoms with van der Waals surface area (Å²) in [5.74, 6) is -1.68. The van der Waals surface area contributed by atoms with Crippen LogP contribution in [-0.2, 0) is 35.7 Å². The second-order valence-electron chi connectivity index (χ2n) is 7.83. The summed E-state index contributed by atoms with van der Waals surface area (Å²) in [4.78, 5) is 52.2. The molecule has 0 aliphatic carbocycles. The van der Waals surface area contributed by atoms with Crippen LogP contribution in [0.15, 0.2) is 34.0 Å². The Bertz CT molecular complexity index is 1340. The number of hydrogen-bond acceptors (Lipinski definition) is 9. The minimum absolute atomic E-state index is 0.00840. The molecule has 1 saturated heterocycles. The van der Waals surface area contributed by atoms with Crippen molar-refractivity contribution in [1.29, 1.82) is 0 Å². The minimum atomic E-state index is -5.40. The molecule has 1 aromatic heterocycles. The summed E-state index contributed by atoms with van der Waals surface area (Å²) in [6.45, 7) is 0.0278. The Morgan fingerprint density at radius 3 is 2.39 bits per heavy atom. The van der Waals surface area contributed by atoms with Crippen molar-refractivity contribution in [1.82, 2.24) is 9.13 Å². The van der Waals surface area contributed by atoms with E-state index in [4.69, 9.17) is 14.5 Å². The van der Waals surface area contributed by atoms with Crippen molar-refractivity contribution in [3.63, 3.8) is 0 Å². The Labute approximate surface area is 200 Å². The van der Waals surface area contributed by atoms with Gasteiger partial charge in [0, 0.05) is 24.4 Å². The first kappa shape index (κ1) is 28.5. The SMILES string of the molecule is Cc1cn([C@@H]2O[C@H](COP(=O)(O)OP(=O)(O)O)C(O)[C@@H]2O)c(=O)n(CCc2ccc(F)cc2F)c1=O. The van der Waals surface area contributed by atoms with Gasteiger partial charge in [0.05, 0.1) is 6.61 Å². The monoisotopic (exact) mass is 558 g/mol. The van der Waals surface area contributed by atoms with E-state index >= 15 is 0 Å². The van der Waals surface area contributed by atoms with Gasteiger partial charge in [0.2, 0.25) is 0 Å². The van der Waals surface area contributed by atoms with Crippen molar-refractivity contribution >= 4 is 15.6 Å². The average Bonchev–Trinajstić information content (AvgIpc) is 3.03. The molecule has 200 valence electrons. The number of ether oxygens (including phenoxy) is 1. The van der Waals surface area contributed by atoms with E-state index in [9.17, 15) is 42.6 Å². The van der Waals surface area contributed by atoms with E-state index in [1.165, 1.54) is 6.92 Å². The third kappa shape index (κ3) is 6.61. The van der Waals surface area contributed by atoms with E-state index in [0.29, 0.717) is 6.07 Å². The van der Waals surface area contributed by atoms with Crippen LogP contribution in [0, 0.1) is 18.6 Å². The van der Waals surface area contributed by atoms with Crippen LogP contribution in [0.2, 0.25) is 0 Å². The molecule has 1 aromatic carbocycles. The number of aromatic nitrogens is 2. The molecule has 1 aliphatic heterocycles. The molecule has 1 fully saturated rings. The first-order valence-electron chi connectivity index (χ1n) is 10.1. The van der Waals surface area contributed by atoms with Crippen LogP contribution in [0.1, 0.15) is 17.4 Å². The fourth-order valence-electron chi connectivity index (χ4n) is 3.52. The molecule has 0 spiro atoms. The number of halogens is 2. The fraction of sp³-hybridized carbons (Fsp3) is 0.444. The predicted molar refractivity (Wildman–Crippen MR) is 115 cm³/mol. The smallest absolute Gasteiger partial charge is 0.387 e. The molecule has 2 unspecified atom stereocenters. The Morgan fingerprint density at radius 1 is 1.11 bits per heavy atom. The number of phosphoric ester groups is 1. The maximum atomic E-state index is 13.9. The summed E-state index contributed by atoms with van der Waals surface area (Å²) in [5.41, 5.74) is -1.70. The molecule has 0 saturated carbocycles. The van der Waals surface area contributed by atoms with Gasteiger partial charge in [-0.25, -0.2) is 22.7 Å². The zero-order chi connectivity index (χ0) is 27.0. The summed E-state index contributed by atoms with van der Waals surface area (Å²) in [6.07, 6.45) is -5.91. The Morgan fingerprint density at radius 2 is 1.78 bits per heavy atom. The zero-order valence-corrected chi connectivity index (χ0v) is 20.2. The van der Waals surface area contributed by atoms with Crippen LogP contribution in [0.5, 0.6) is 0 Å². The molecule has 2 heterocycles. The molecule has 2 aromatic rings. The lowest BCUT2D eigenvalue weighted by molar-refractivity contribution is -0.0549. The van der Waals surface area contributed by atoms with Gasteiger partial charge in [-0.15, -0.1) is 0 Å². The van der Waals surface area contributed by atoms with Crippen LogP contribution in [0.4, 0.5) is 8.78 Å². The quantitative estimate of drug-likeness (QED) is 0.251. The van der Waals surface area contributed by atoms with E-state index in [1.54, 1.807) is 0 Å². The molecule has 5 N–H and O–H groups in total. The molecular formula is C18H22F2N2O12P2. The largest absolute Gasteiger partial charge is 0.481 e. The molecule has 5 atom stereocenters. The van der Waals surface area contributed by atoms with Crippen LogP contribution >= 0.6 is 15.6 Å². The number of nitrogens with zero attached hydrogens (tertiary/aromatic N) is 2. The van der Waals surface area contributed by atoms with Gasteiger partial charge in [-0.3, -0.25) is 18.5 Å². The number of aliphatic hydroxyl groups is 2. The van der Waals surface area contributed by atoms with Gasteiger partial charge in [-0.1, -0.05) is 6.07 Å². The normalized spacial score (nSPS) is 24.1. The number of aryl methyl sites for hydroxylation is 2. The van der Waals surface area contributed by atoms with Gasteiger partial charge >= 0.3 is 21.3 Å². The van der Waals surface area contributed by atoms with E-state index in [2.05, 4.69) is 8.83 Å². The number of rotatable bonds is 9. The van der Waals surface area contributed by atoms with Crippen molar-refractivity contribution in [2.45, 2.75) is 44.4 Å².